The fourth-order valence-electron chi connectivity index (χ4n) is 4.41. The SMILES string of the molecule is O=C(C1CCCCC1)n1c(-c2cccc3ccccc23)nc2cc(Cl)ccc21. The monoisotopic (exact) mass is 388 g/mol. The van der Waals surface area contributed by atoms with Crippen molar-refractivity contribution in [1.29, 1.82) is 0 Å². The standard InChI is InChI=1S/C24H21ClN2O/c25-18-13-14-22-21(15-18)26-23(27(22)24(28)17-8-2-1-3-9-17)20-12-6-10-16-7-4-5-11-19(16)20/h4-7,10-15,17H,1-3,8-9H2. The van der Waals surface area contributed by atoms with Gasteiger partial charge in [-0.15, -0.1) is 0 Å². The molecular weight excluding hydrogens is 368 g/mol. The molecule has 4 aromatic rings. The maximum atomic E-state index is 13.6. The van der Waals surface area contributed by atoms with E-state index >= 15 is 0 Å². The zero-order valence-electron chi connectivity index (χ0n) is 15.6. The number of nitrogens with zero attached hydrogens (tertiary/aromatic N) is 2. The number of rotatable bonds is 2. The van der Waals surface area contributed by atoms with Crippen LogP contribution in [0.1, 0.15) is 36.9 Å². The third-order valence-electron chi connectivity index (χ3n) is 5.82. The van der Waals surface area contributed by atoms with E-state index in [2.05, 4.69) is 24.3 Å². The molecule has 1 saturated carbocycles. The van der Waals surface area contributed by atoms with Crippen molar-refractivity contribution in [2.45, 2.75) is 32.1 Å². The largest absolute Gasteiger partial charge is 0.274 e. The van der Waals surface area contributed by atoms with Gasteiger partial charge in [0.2, 0.25) is 5.91 Å². The fourth-order valence-corrected chi connectivity index (χ4v) is 4.58. The second kappa shape index (κ2) is 7.06. The second-order valence-corrected chi connectivity index (χ2v) is 8.04. The summed E-state index contributed by atoms with van der Waals surface area (Å²) < 4.78 is 1.84. The quantitative estimate of drug-likeness (QED) is 0.381. The van der Waals surface area contributed by atoms with Crippen LogP contribution >= 0.6 is 11.6 Å². The summed E-state index contributed by atoms with van der Waals surface area (Å²) in [6.45, 7) is 0. The number of fused-ring (bicyclic) bond motifs is 2. The van der Waals surface area contributed by atoms with E-state index in [1.54, 1.807) is 0 Å². The maximum Gasteiger partial charge on any atom is 0.235 e. The Morgan fingerprint density at radius 3 is 2.61 bits per heavy atom. The number of carbonyl (C=O) groups is 1. The number of hydrogen-bond donors (Lipinski definition) is 0. The summed E-state index contributed by atoms with van der Waals surface area (Å²) in [5.74, 6) is 0.938. The molecule has 1 aliphatic carbocycles. The van der Waals surface area contributed by atoms with Crippen LogP contribution in [0.15, 0.2) is 60.7 Å². The molecule has 0 aliphatic heterocycles. The van der Waals surface area contributed by atoms with Gasteiger partial charge >= 0.3 is 0 Å². The van der Waals surface area contributed by atoms with Gasteiger partial charge in [0.25, 0.3) is 0 Å². The molecule has 1 heterocycles. The molecule has 4 heteroatoms. The van der Waals surface area contributed by atoms with Crippen molar-refractivity contribution >= 4 is 39.3 Å². The molecule has 3 aromatic carbocycles. The van der Waals surface area contributed by atoms with Crippen LogP contribution in [0.5, 0.6) is 0 Å². The van der Waals surface area contributed by atoms with E-state index in [0.29, 0.717) is 10.8 Å². The van der Waals surface area contributed by atoms with E-state index in [-0.39, 0.29) is 11.8 Å². The molecule has 0 amide bonds. The Morgan fingerprint density at radius 2 is 1.75 bits per heavy atom. The fraction of sp³-hybridized carbons (Fsp3) is 0.250. The molecule has 5 rings (SSSR count). The Labute approximate surface area is 169 Å². The lowest BCUT2D eigenvalue weighted by Gasteiger charge is -2.22. The molecule has 0 spiro atoms. The Morgan fingerprint density at radius 1 is 0.964 bits per heavy atom. The van der Waals surface area contributed by atoms with Gasteiger partial charge in [-0.3, -0.25) is 9.36 Å². The first-order valence-electron chi connectivity index (χ1n) is 9.93. The third kappa shape index (κ3) is 2.91. The van der Waals surface area contributed by atoms with Crippen LogP contribution in [-0.2, 0) is 0 Å². The van der Waals surface area contributed by atoms with Crippen molar-refractivity contribution in [3.05, 3.63) is 65.7 Å². The lowest BCUT2D eigenvalue weighted by Crippen LogP contribution is -2.24. The van der Waals surface area contributed by atoms with Crippen LogP contribution in [0.2, 0.25) is 5.02 Å². The Bertz CT molecular complexity index is 1180. The normalized spacial score (nSPS) is 15.3. The van der Waals surface area contributed by atoms with Crippen LogP contribution < -0.4 is 0 Å². The van der Waals surface area contributed by atoms with Crippen LogP contribution in [0, 0.1) is 5.92 Å². The van der Waals surface area contributed by atoms with Crippen molar-refractivity contribution in [2.75, 3.05) is 0 Å². The van der Waals surface area contributed by atoms with Crippen molar-refractivity contribution in [1.82, 2.24) is 9.55 Å². The molecule has 0 atom stereocenters. The molecular formula is C24H21ClN2O. The van der Waals surface area contributed by atoms with Crippen molar-refractivity contribution < 1.29 is 4.79 Å². The summed E-state index contributed by atoms with van der Waals surface area (Å²) in [4.78, 5) is 18.4. The Kier molecular flexibility index (Phi) is 4.40. The molecule has 0 radical (unpaired) electrons. The third-order valence-corrected chi connectivity index (χ3v) is 6.06. The summed E-state index contributed by atoms with van der Waals surface area (Å²) in [6, 6.07) is 20.0. The van der Waals surface area contributed by atoms with E-state index in [1.807, 2.05) is 41.0 Å². The summed E-state index contributed by atoms with van der Waals surface area (Å²) >= 11 is 6.22. The molecule has 0 saturated heterocycles. The van der Waals surface area contributed by atoms with Crippen molar-refractivity contribution in [3.63, 3.8) is 0 Å². The zero-order valence-corrected chi connectivity index (χ0v) is 16.3. The number of imidazole rings is 1. The first-order chi connectivity index (χ1) is 13.7. The van der Waals surface area contributed by atoms with E-state index in [0.717, 1.165) is 53.1 Å². The van der Waals surface area contributed by atoms with Gasteiger partial charge in [-0.2, -0.15) is 0 Å². The van der Waals surface area contributed by atoms with E-state index < -0.39 is 0 Å². The summed E-state index contributed by atoms with van der Waals surface area (Å²) in [5.41, 5.74) is 2.58. The number of halogens is 1. The second-order valence-electron chi connectivity index (χ2n) is 7.60. The zero-order chi connectivity index (χ0) is 19.1. The van der Waals surface area contributed by atoms with Gasteiger partial charge in [0.1, 0.15) is 5.82 Å². The molecule has 0 N–H and O–H groups in total. The summed E-state index contributed by atoms with van der Waals surface area (Å²) in [5, 5.41) is 2.87. The highest BCUT2D eigenvalue weighted by Crippen LogP contribution is 2.34. The molecule has 0 bridgehead atoms. The van der Waals surface area contributed by atoms with Crippen LogP contribution in [-0.4, -0.2) is 15.5 Å². The molecule has 1 aliphatic rings. The lowest BCUT2D eigenvalue weighted by molar-refractivity contribution is 0.0809. The highest BCUT2D eigenvalue weighted by molar-refractivity contribution is 6.31. The van der Waals surface area contributed by atoms with E-state index in [9.17, 15) is 4.79 Å². The van der Waals surface area contributed by atoms with E-state index in [4.69, 9.17) is 16.6 Å². The van der Waals surface area contributed by atoms with Crippen LogP contribution in [0.3, 0.4) is 0 Å². The minimum Gasteiger partial charge on any atom is -0.274 e. The van der Waals surface area contributed by atoms with Gasteiger partial charge in [-0.05, 0) is 41.8 Å². The molecule has 3 nitrogen and oxygen atoms in total. The van der Waals surface area contributed by atoms with Crippen molar-refractivity contribution in [3.8, 4) is 11.4 Å². The molecule has 1 fully saturated rings. The highest BCUT2D eigenvalue weighted by Gasteiger charge is 2.27. The van der Waals surface area contributed by atoms with Crippen molar-refractivity contribution in [2.24, 2.45) is 5.92 Å². The molecule has 140 valence electrons. The Balaban J connectivity index is 1.77. The summed E-state index contributed by atoms with van der Waals surface area (Å²) in [6.07, 6.45) is 5.39. The number of hydrogen-bond acceptors (Lipinski definition) is 2. The predicted molar refractivity (Wildman–Crippen MR) is 115 cm³/mol. The number of aromatic nitrogens is 2. The van der Waals surface area contributed by atoms with Gasteiger partial charge in [-0.25, -0.2) is 4.98 Å². The van der Waals surface area contributed by atoms with Gasteiger partial charge in [0.15, 0.2) is 0 Å². The summed E-state index contributed by atoms with van der Waals surface area (Å²) in [7, 11) is 0. The smallest absolute Gasteiger partial charge is 0.235 e. The average Bonchev–Trinajstić information content (AvgIpc) is 3.11. The minimum atomic E-state index is 0.0653. The molecule has 28 heavy (non-hydrogen) atoms. The minimum absolute atomic E-state index is 0.0653. The van der Waals surface area contributed by atoms with Gasteiger partial charge in [0.05, 0.1) is 11.0 Å². The van der Waals surface area contributed by atoms with Gasteiger partial charge < -0.3 is 0 Å². The number of benzene rings is 3. The highest BCUT2D eigenvalue weighted by atomic mass is 35.5. The maximum absolute atomic E-state index is 13.6. The molecule has 0 unspecified atom stereocenters. The van der Waals surface area contributed by atoms with Crippen LogP contribution in [0.4, 0.5) is 0 Å². The first-order valence-corrected chi connectivity index (χ1v) is 10.3. The lowest BCUT2D eigenvalue weighted by atomic mass is 9.88. The number of carbonyl (C=O) groups excluding carboxylic acids is 1. The predicted octanol–water partition coefficient (Wildman–Crippen LogP) is 6.73. The van der Waals surface area contributed by atoms with Gasteiger partial charge in [0, 0.05) is 16.5 Å². The first kappa shape index (κ1) is 17.4. The van der Waals surface area contributed by atoms with Crippen LogP contribution in [0.25, 0.3) is 33.2 Å². The van der Waals surface area contributed by atoms with E-state index in [1.165, 1.54) is 6.42 Å². The topological polar surface area (TPSA) is 34.9 Å². The Hall–Kier alpha value is -2.65. The van der Waals surface area contributed by atoms with Gasteiger partial charge in [-0.1, -0.05) is 73.3 Å². The average molecular weight is 389 g/mol. The molecule has 1 aromatic heterocycles.